The quantitative estimate of drug-likeness (QED) is 0.541. The summed E-state index contributed by atoms with van der Waals surface area (Å²) in [5.41, 5.74) is 2.33. The average Bonchev–Trinajstić information content (AvgIpc) is 3.16. The minimum Gasteiger partial charge on any atom is -0.245 e. The van der Waals surface area contributed by atoms with Crippen molar-refractivity contribution < 1.29 is 0 Å². The van der Waals surface area contributed by atoms with Gasteiger partial charge in [-0.2, -0.15) is 0 Å². The van der Waals surface area contributed by atoms with E-state index in [0.29, 0.717) is 0 Å². The Morgan fingerprint density at radius 3 is 2.64 bits per heavy atom. The molecule has 0 bridgehead atoms. The van der Waals surface area contributed by atoms with Crippen LogP contribution < -0.4 is 0 Å². The normalized spacial score (nSPS) is 11.0. The Labute approximate surface area is 150 Å². The summed E-state index contributed by atoms with van der Waals surface area (Å²) in [5.74, 6) is 0.833. The van der Waals surface area contributed by atoms with E-state index in [1.54, 1.807) is 46.2 Å². The molecule has 0 amide bonds. The number of halogens is 1. The molecule has 3 rings (SSSR count). The lowest BCUT2D eigenvalue weighted by Gasteiger charge is -1.98. The molecule has 0 aliphatic carbocycles. The Balaban J connectivity index is 1.57. The third-order valence-corrected chi connectivity index (χ3v) is 6.99. The van der Waals surface area contributed by atoms with Crippen LogP contribution in [0.3, 0.4) is 0 Å². The van der Waals surface area contributed by atoms with Crippen LogP contribution in [0.5, 0.6) is 0 Å². The zero-order valence-corrected chi connectivity index (χ0v) is 15.7. The van der Waals surface area contributed by atoms with Gasteiger partial charge in [0.1, 0.15) is 0 Å². The number of nitrogens with zero attached hydrogens (tertiary/aromatic N) is 3. The van der Waals surface area contributed by atoms with Gasteiger partial charge in [-0.05, 0) is 24.0 Å². The fraction of sp³-hybridized carbons (Fsp3) is 0.214. The molecule has 3 nitrogen and oxygen atoms in total. The van der Waals surface area contributed by atoms with E-state index in [1.165, 1.54) is 5.56 Å². The molecule has 0 aliphatic rings. The van der Waals surface area contributed by atoms with E-state index < -0.39 is 0 Å². The van der Waals surface area contributed by atoms with Gasteiger partial charge in [-0.1, -0.05) is 58.6 Å². The van der Waals surface area contributed by atoms with Gasteiger partial charge in [-0.15, -0.1) is 21.5 Å². The van der Waals surface area contributed by atoms with Crippen LogP contribution in [0.15, 0.2) is 38.3 Å². The molecule has 2 aromatic heterocycles. The van der Waals surface area contributed by atoms with Crippen LogP contribution in [-0.2, 0) is 12.2 Å². The first-order valence-corrected chi connectivity index (χ1v) is 10.7. The summed E-state index contributed by atoms with van der Waals surface area (Å²) >= 11 is 12.5. The lowest BCUT2D eigenvalue weighted by atomic mass is 10.2. The van der Waals surface area contributed by atoms with Crippen molar-refractivity contribution in [3.8, 4) is 0 Å². The first kappa shape index (κ1) is 16.3. The molecule has 114 valence electrons. The summed E-state index contributed by atoms with van der Waals surface area (Å²) in [4.78, 5) is 4.69. The van der Waals surface area contributed by atoms with Crippen LogP contribution in [0, 0.1) is 0 Å². The zero-order chi connectivity index (χ0) is 15.4. The molecule has 0 aliphatic heterocycles. The summed E-state index contributed by atoms with van der Waals surface area (Å²) in [5, 5.41) is 12.3. The molecule has 0 saturated carbocycles. The largest absolute Gasteiger partial charge is 0.245 e. The molecule has 0 saturated heterocycles. The molecule has 0 spiro atoms. The summed E-state index contributed by atoms with van der Waals surface area (Å²) < 4.78 is 2.00. The highest BCUT2D eigenvalue weighted by molar-refractivity contribution is 8.02. The fourth-order valence-electron chi connectivity index (χ4n) is 1.75. The predicted octanol–water partition coefficient (Wildman–Crippen LogP) is 5.25. The molecule has 8 heteroatoms. The Morgan fingerprint density at radius 2 is 1.91 bits per heavy atom. The van der Waals surface area contributed by atoms with Crippen LogP contribution in [-0.4, -0.2) is 21.4 Å². The third-order valence-electron chi connectivity index (χ3n) is 2.77. The lowest BCUT2D eigenvalue weighted by Crippen LogP contribution is -1.88. The molecule has 2 heterocycles. The van der Waals surface area contributed by atoms with Gasteiger partial charge in [0, 0.05) is 22.6 Å². The highest BCUT2D eigenvalue weighted by atomic mass is 35.5. The van der Waals surface area contributed by atoms with Gasteiger partial charge >= 0.3 is 0 Å². The average molecular weight is 386 g/mol. The van der Waals surface area contributed by atoms with Crippen molar-refractivity contribution in [2.24, 2.45) is 0 Å². The van der Waals surface area contributed by atoms with Crippen LogP contribution in [0.1, 0.15) is 16.3 Å². The van der Waals surface area contributed by atoms with Crippen LogP contribution in [0.4, 0.5) is 0 Å². The number of benzene rings is 1. The number of thioether (sulfide) groups is 2. The summed E-state index contributed by atoms with van der Waals surface area (Å²) in [6.07, 6.45) is 2.86. The van der Waals surface area contributed by atoms with E-state index in [9.17, 15) is 0 Å². The van der Waals surface area contributed by atoms with E-state index in [2.05, 4.69) is 20.6 Å². The van der Waals surface area contributed by atoms with Crippen molar-refractivity contribution in [1.29, 1.82) is 0 Å². The highest BCUT2D eigenvalue weighted by Crippen LogP contribution is 2.30. The Bertz CT molecular complexity index is 739. The maximum atomic E-state index is 5.90. The summed E-state index contributed by atoms with van der Waals surface area (Å²) in [6.45, 7) is 0. The maximum absolute atomic E-state index is 5.90. The third kappa shape index (κ3) is 4.45. The molecule has 0 N–H and O–H groups in total. The number of rotatable bonds is 6. The first-order valence-electron chi connectivity index (χ1n) is 6.41. The SMILES string of the molecule is CSc1nnc(SCc2csc(Cc3ccc(Cl)cc3)n2)s1. The van der Waals surface area contributed by atoms with Gasteiger partial charge in [0.15, 0.2) is 8.68 Å². The minimum atomic E-state index is 0.765. The fourth-order valence-corrected chi connectivity index (χ4v) is 5.14. The molecular formula is C14H12ClN3S4. The summed E-state index contributed by atoms with van der Waals surface area (Å²) in [6, 6.07) is 7.92. The van der Waals surface area contributed by atoms with E-state index in [0.717, 1.165) is 36.6 Å². The molecule has 1 aromatic carbocycles. The van der Waals surface area contributed by atoms with Crippen molar-refractivity contribution in [3.63, 3.8) is 0 Å². The van der Waals surface area contributed by atoms with Gasteiger partial charge in [0.25, 0.3) is 0 Å². The number of hydrogen-bond donors (Lipinski definition) is 0. The second-order valence-corrected chi connectivity index (χ2v) is 8.99. The molecular weight excluding hydrogens is 374 g/mol. The molecule has 0 fully saturated rings. The smallest absolute Gasteiger partial charge is 0.175 e. The van der Waals surface area contributed by atoms with Crippen molar-refractivity contribution in [3.05, 3.63) is 50.9 Å². The Hall–Kier alpha value is -0.600. The van der Waals surface area contributed by atoms with Crippen LogP contribution in [0.2, 0.25) is 5.02 Å². The monoisotopic (exact) mass is 385 g/mol. The van der Waals surface area contributed by atoms with Gasteiger partial charge < -0.3 is 0 Å². The van der Waals surface area contributed by atoms with Crippen molar-refractivity contribution in [2.45, 2.75) is 20.9 Å². The Kier molecular flexibility index (Phi) is 5.76. The lowest BCUT2D eigenvalue weighted by molar-refractivity contribution is 0.955. The predicted molar refractivity (Wildman–Crippen MR) is 97.6 cm³/mol. The number of hydrogen-bond acceptors (Lipinski definition) is 7. The number of thiazole rings is 1. The summed E-state index contributed by atoms with van der Waals surface area (Å²) in [7, 11) is 0. The Morgan fingerprint density at radius 1 is 1.14 bits per heavy atom. The van der Waals surface area contributed by atoms with E-state index in [1.807, 2.05) is 30.5 Å². The van der Waals surface area contributed by atoms with Gasteiger partial charge in [0.2, 0.25) is 0 Å². The molecule has 0 atom stereocenters. The van der Waals surface area contributed by atoms with E-state index in [-0.39, 0.29) is 0 Å². The number of aromatic nitrogens is 3. The maximum Gasteiger partial charge on any atom is 0.175 e. The van der Waals surface area contributed by atoms with Gasteiger partial charge in [0.05, 0.1) is 10.7 Å². The first-order chi connectivity index (χ1) is 10.7. The second kappa shape index (κ2) is 7.79. The van der Waals surface area contributed by atoms with Crippen molar-refractivity contribution in [2.75, 3.05) is 6.26 Å². The van der Waals surface area contributed by atoms with Crippen molar-refractivity contribution >= 4 is 57.8 Å². The second-order valence-electron chi connectivity index (χ2n) is 4.36. The molecule has 0 radical (unpaired) electrons. The zero-order valence-electron chi connectivity index (χ0n) is 11.7. The minimum absolute atomic E-state index is 0.765. The van der Waals surface area contributed by atoms with E-state index >= 15 is 0 Å². The van der Waals surface area contributed by atoms with Gasteiger partial charge in [-0.3, -0.25) is 0 Å². The van der Waals surface area contributed by atoms with Crippen LogP contribution in [0.25, 0.3) is 0 Å². The van der Waals surface area contributed by atoms with Crippen LogP contribution >= 0.6 is 57.8 Å². The molecule has 3 aromatic rings. The van der Waals surface area contributed by atoms with E-state index in [4.69, 9.17) is 11.6 Å². The standard InChI is InChI=1S/C14H12ClN3S4/c1-19-13-17-18-14(22-13)21-8-11-7-20-12(16-11)6-9-2-4-10(15)5-3-9/h2-5,7H,6,8H2,1H3. The topological polar surface area (TPSA) is 38.7 Å². The highest BCUT2D eigenvalue weighted by Gasteiger charge is 2.07. The molecule has 22 heavy (non-hydrogen) atoms. The molecule has 0 unspecified atom stereocenters. The van der Waals surface area contributed by atoms with Crippen molar-refractivity contribution in [1.82, 2.24) is 15.2 Å². The van der Waals surface area contributed by atoms with Gasteiger partial charge in [-0.25, -0.2) is 4.98 Å².